The molecule has 4 aromatic rings. The van der Waals surface area contributed by atoms with Gasteiger partial charge in [0.15, 0.2) is 0 Å². The van der Waals surface area contributed by atoms with E-state index in [4.69, 9.17) is 5.26 Å². The molecule has 0 fully saturated rings. The minimum Gasteiger partial charge on any atom is -0.355 e. The highest BCUT2D eigenvalue weighted by Gasteiger charge is 2.17. The molecule has 0 saturated heterocycles. The molecule has 0 radical (unpaired) electrons. The van der Waals surface area contributed by atoms with Gasteiger partial charge in [-0.3, -0.25) is 9.52 Å². The first kappa shape index (κ1) is 21.1. The number of fused-ring (bicyclic) bond motifs is 1. The highest BCUT2D eigenvalue weighted by atomic mass is 32.2. The van der Waals surface area contributed by atoms with Gasteiger partial charge in [0.2, 0.25) is 0 Å². The van der Waals surface area contributed by atoms with E-state index in [0.717, 1.165) is 11.1 Å². The quantitative estimate of drug-likeness (QED) is 0.489. The largest absolute Gasteiger partial charge is 0.355 e. The van der Waals surface area contributed by atoms with Crippen LogP contribution in [0.1, 0.15) is 15.9 Å². The first-order chi connectivity index (χ1) is 15.3. The molecule has 32 heavy (non-hydrogen) atoms. The van der Waals surface area contributed by atoms with Gasteiger partial charge < -0.3 is 9.88 Å². The van der Waals surface area contributed by atoms with Crippen molar-refractivity contribution >= 4 is 32.7 Å². The van der Waals surface area contributed by atoms with E-state index in [2.05, 4.69) is 15.0 Å². The molecule has 0 aliphatic carbocycles. The van der Waals surface area contributed by atoms with E-state index in [0.29, 0.717) is 22.6 Å². The lowest BCUT2D eigenvalue weighted by Gasteiger charge is -2.08. The van der Waals surface area contributed by atoms with E-state index in [-0.39, 0.29) is 16.4 Å². The van der Waals surface area contributed by atoms with Crippen molar-refractivity contribution in [2.24, 2.45) is 7.05 Å². The molecule has 0 aliphatic rings. The summed E-state index contributed by atoms with van der Waals surface area (Å²) in [5, 5.41) is 11.6. The van der Waals surface area contributed by atoms with E-state index < -0.39 is 10.0 Å². The molecule has 0 atom stereocenters. The number of hydrogen-bond acceptors (Lipinski definition) is 5. The fraction of sp³-hybridized carbons (Fsp3) is 0.0870. The molecule has 0 unspecified atom stereocenters. The Morgan fingerprint density at radius 2 is 1.81 bits per heavy atom. The number of nitriles is 1. The summed E-state index contributed by atoms with van der Waals surface area (Å²) in [5.74, 6) is 0.518. The second kappa shape index (κ2) is 8.17. The van der Waals surface area contributed by atoms with Crippen LogP contribution in [0.2, 0.25) is 0 Å². The van der Waals surface area contributed by atoms with Crippen LogP contribution in [0.5, 0.6) is 0 Å². The van der Waals surface area contributed by atoms with Crippen LogP contribution in [0.3, 0.4) is 0 Å². The smallest absolute Gasteiger partial charge is 0.261 e. The number of sulfonamides is 1. The minimum absolute atomic E-state index is 0.00885. The molecular weight excluding hydrogens is 426 g/mol. The van der Waals surface area contributed by atoms with Crippen molar-refractivity contribution in [1.29, 1.82) is 5.26 Å². The Morgan fingerprint density at radius 1 is 1.06 bits per heavy atom. The van der Waals surface area contributed by atoms with Gasteiger partial charge in [0, 0.05) is 25.2 Å². The Hall–Kier alpha value is -4.16. The molecule has 0 aliphatic heterocycles. The van der Waals surface area contributed by atoms with Gasteiger partial charge in [-0.2, -0.15) is 5.26 Å². The minimum atomic E-state index is -3.86. The van der Waals surface area contributed by atoms with Crippen molar-refractivity contribution in [2.45, 2.75) is 4.90 Å². The molecule has 1 aromatic heterocycles. The number of aryl methyl sites for hydroxylation is 1. The number of imidazole rings is 1. The molecule has 0 spiro atoms. The Morgan fingerprint density at radius 3 is 2.50 bits per heavy atom. The summed E-state index contributed by atoms with van der Waals surface area (Å²) in [7, 11) is -0.412. The van der Waals surface area contributed by atoms with Crippen LogP contribution < -0.4 is 10.0 Å². The third-order valence-corrected chi connectivity index (χ3v) is 6.42. The van der Waals surface area contributed by atoms with Crippen molar-refractivity contribution in [1.82, 2.24) is 14.9 Å². The zero-order chi connectivity index (χ0) is 22.9. The highest BCUT2D eigenvalue weighted by molar-refractivity contribution is 7.92. The number of aromatic nitrogens is 2. The van der Waals surface area contributed by atoms with E-state index >= 15 is 0 Å². The van der Waals surface area contributed by atoms with Crippen molar-refractivity contribution in [3.8, 4) is 17.5 Å². The first-order valence-corrected chi connectivity index (χ1v) is 11.1. The maximum atomic E-state index is 12.7. The van der Waals surface area contributed by atoms with Gasteiger partial charge in [-0.15, -0.1) is 0 Å². The van der Waals surface area contributed by atoms with Gasteiger partial charge >= 0.3 is 0 Å². The number of carbonyl (C=O) groups is 1. The van der Waals surface area contributed by atoms with Crippen LogP contribution in [0.15, 0.2) is 71.6 Å². The lowest BCUT2D eigenvalue weighted by molar-refractivity contribution is 0.0963. The topological polar surface area (TPSA) is 117 Å². The predicted octanol–water partition coefficient (Wildman–Crippen LogP) is 3.27. The van der Waals surface area contributed by atoms with Crippen LogP contribution in [-0.2, 0) is 17.1 Å². The fourth-order valence-electron chi connectivity index (χ4n) is 3.38. The summed E-state index contributed by atoms with van der Waals surface area (Å²) in [6, 6.07) is 19.9. The fourth-order valence-corrected chi connectivity index (χ4v) is 4.48. The highest BCUT2D eigenvalue weighted by Crippen LogP contribution is 2.27. The zero-order valence-corrected chi connectivity index (χ0v) is 18.1. The average molecular weight is 446 g/mol. The third-order valence-electron chi connectivity index (χ3n) is 5.04. The summed E-state index contributed by atoms with van der Waals surface area (Å²) in [5.41, 5.74) is 3.44. The Bertz CT molecular complexity index is 1480. The van der Waals surface area contributed by atoms with Gasteiger partial charge in [-0.05, 0) is 48.5 Å². The summed E-state index contributed by atoms with van der Waals surface area (Å²) >= 11 is 0. The van der Waals surface area contributed by atoms with Crippen molar-refractivity contribution in [3.63, 3.8) is 0 Å². The second-order valence-electron chi connectivity index (χ2n) is 7.10. The molecule has 2 N–H and O–H groups in total. The van der Waals surface area contributed by atoms with Crippen LogP contribution in [0, 0.1) is 11.3 Å². The molecule has 3 aromatic carbocycles. The van der Waals surface area contributed by atoms with Crippen LogP contribution >= 0.6 is 0 Å². The molecular formula is C23H19N5O3S. The van der Waals surface area contributed by atoms with Crippen molar-refractivity contribution in [3.05, 3.63) is 77.9 Å². The van der Waals surface area contributed by atoms with Gasteiger partial charge in [0.05, 0.1) is 33.2 Å². The summed E-state index contributed by atoms with van der Waals surface area (Å²) in [4.78, 5) is 16.4. The maximum absolute atomic E-state index is 12.7. The van der Waals surface area contributed by atoms with Crippen LogP contribution in [0.25, 0.3) is 22.4 Å². The summed E-state index contributed by atoms with van der Waals surface area (Å²) in [6.45, 7) is 0. The van der Waals surface area contributed by atoms with Crippen LogP contribution in [0.4, 0.5) is 5.69 Å². The number of benzene rings is 3. The lowest BCUT2D eigenvalue weighted by atomic mass is 10.1. The maximum Gasteiger partial charge on any atom is 0.261 e. The van der Waals surface area contributed by atoms with E-state index in [9.17, 15) is 13.2 Å². The van der Waals surface area contributed by atoms with Gasteiger partial charge in [0.25, 0.3) is 15.9 Å². The van der Waals surface area contributed by atoms with Gasteiger partial charge in [-0.25, -0.2) is 13.4 Å². The third kappa shape index (κ3) is 3.91. The molecule has 1 amide bonds. The van der Waals surface area contributed by atoms with E-state index in [1.807, 2.05) is 29.8 Å². The zero-order valence-electron chi connectivity index (χ0n) is 17.3. The number of carbonyl (C=O) groups excluding carboxylic acids is 1. The number of nitrogens with one attached hydrogen (secondary N) is 2. The van der Waals surface area contributed by atoms with Crippen LogP contribution in [-0.4, -0.2) is 30.9 Å². The molecule has 9 heteroatoms. The molecule has 0 bridgehead atoms. The number of amides is 1. The predicted molar refractivity (Wildman–Crippen MR) is 122 cm³/mol. The Labute approximate surface area is 185 Å². The summed E-state index contributed by atoms with van der Waals surface area (Å²) < 4.78 is 29.9. The molecule has 8 nitrogen and oxygen atoms in total. The SMILES string of the molecule is CNC(=O)c1ccc(-c2nc3cc(NS(=O)(=O)c4cccc(C#N)c4)ccc3n2C)cc1. The molecule has 1 heterocycles. The van der Waals surface area contributed by atoms with Gasteiger partial charge in [-0.1, -0.05) is 18.2 Å². The molecule has 160 valence electrons. The van der Waals surface area contributed by atoms with Crippen molar-refractivity contribution < 1.29 is 13.2 Å². The number of anilines is 1. The first-order valence-electron chi connectivity index (χ1n) is 9.64. The normalized spacial score (nSPS) is 11.2. The second-order valence-corrected chi connectivity index (χ2v) is 8.78. The van der Waals surface area contributed by atoms with E-state index in [1.54, 1.807) is 43.4 Å². The molecule has 4 rings (SSSR count). The standard InChI is InChI=1S/C23H19N5O3S/c1-25-23(29)17-8-6-16(7-9-17)22-26-20-13-18(10-11-21(20)28(22)2)27-32(30,31)19-5-3-4-15(12-19)14-24/h3-13,27H,1-2H3,(H,25,29). The number of nitrogens with zero attached hydrogens (tertiary/aromatic N) is 3. The summed E-state index contributed by atoms with van der Waals surface area (Å²) in [6.07, 6.45) is 0. The number of hydrogen-bond donors (Lipinski definition) is 2. The Kier molecular flexibility index (Phi) is 5.38. The van der Waals surface area contributed by atoms with Crippen molar-refractivity contribution in [2.75, 3.05) is 11.8 Å². The monoisotopic (exact) mass is 445 g/mol. The lowest BCUT2D eigenvalue weighted by Crippen LogP contribution is -2.17. The average Bonchev–Trinajstić information content (AvgIpc) is 3.14. The number of rotatable bonds is 5. The molecule has 0 saturated carbocycles. The Balaban J connectivity index is 1.67. The van der Waals surface area contributed by atoms with Gasteiger partial charge in [0.1, 0.15) is 5.82 Å². The van der Waals surface area contributed by atoms with E-state index in [1.165, 1.54) is 18.2 Å².